The molecule has 3 rings (SSSR count). The second-order valence-electron chi connectivity index (χ2n) is 5.43. The Morgan fingerprint density at radius 2 is 2.00 bits per heavy atom. The van der Waals surface area contributed by atoms with Crippen molar-refractivity contribution in [1.82, 2.24) is 9.78 Å². The van der Waals surface area contributed by atoms with Crippen LogP contribution in [0.2, 0.25) is 10.0 Å². The van der Waals surface area contributed by atoms with E-state index in [0.717, 1.165) is 11.4 Å². The molecule has 2 aromatic heterocycles. The number of halogens is 2. The van der Waals surface area contributed by atoms with Crippen LogP contribution < -0.4 is 5.32 Å². The van der Waals surface area contributed by atoms with Crippen LogP contribution in [0.3, 0.4) is 0 Å². The van der Waals surface area contributed by atoms with Gasteiger partial charge >= 0.3 is 0 Å². The van der Waals surface area contributed by atoms with Gasteiger partial charge in [-0.2, -0.15) is 5.10 Å². The standard InChI is InChI=1S/C17H15Cl2N3O2/c1-10-7-11(2)22(21-10)9-13-4-6-16(24-13)17(23)20-15-5-3-12(18)8-14(15)19/h3-8H,9H2,1-2H3,(H,20,23). The molecule has 0 atom stereocenters. The van der Waals surface area contributed by atoms with Gasteiger partial charge in [-0.15, -0.1) is 0 Å². The summed E-state index contributed by atoms with van der Waals surface area (Å²) in [7, 11) is 0. The van der Waals surface area contributed by atoms with Crippen molar-refractivity contribution >= 4 is 34.8 Å². The van der Waals surface area contributed by atoms with Gasteiger partial charge in [0.15, 0.2) is 5.76 Å². The van der Waals surface area contributed by atoms with Crippen LogP contribution in [0.25, 0.3) is 0 Å². The number of aryl methyl sites for hydroxylation is 2. The van der Waals surface area contributed by atoms with E-state index in [0.29, 0.717) is 28.0 Å². The number of carbonyl (C=O) groups excluding carboxylic acids is 1. The highest BCUT2D eigenvalue weighted by Gasteiger charge is 2.14. The first-order valence-corrected chi connectivity index (χ1v) is 8.04. The van der Waals surface area contributed by atoms with Crippen LogP contribution >= 0.6 is 23.2 Å². The Morgan fingerprint density at radius 1 is 1.21 bits per heavy atom. The molecule has 0 bridgehead atoms. The average Bonchev–Trinajstić information content (AvgIpc) is 3.09. The summed E-state index contributed by atoms with van der Waals surface area (Å²) in [5.74, 6) is 0.477. The fraction of sp³-hybridized carbons (Fsp3) is 0.176. The topological polar surface area (TPSA) is 60.1 Å². The highest BCUT2D eigenvalue weighted by Crippen LogP contribution is 2.26. The third-order valence-electron chi connectivity index (χ3n) is 3.47. The Kier molecular flexibility index (Phi) is 4.64. The molecule has 5 nitrogen and oxygen atoms in total. The number of amides is 1. The average molecular weight is 364 g/mol. The van der Waals surface area contributed by atoms with Crippen molar-refractivity contribution in [3.63, 3.8) is 0 Å². The third kappa shape index (κ3) is 3.63. The molecular formula is C17H15Cl2N3O2. The Balaban J connectivity index is 1.72. The fourth-order valence-corrected chi connectivity index (χ4v) is 2.80. The summed E-state index contributed by atoms with van der Waals surface area (Å²) >= 11 is 11.9. The van der Waals surface area contributed by atoms with Gasteiger partial charge in [-0.25, -0.2) is 0 Å². The minimum Gasteiger partial charge on any atom is -0.454 e. The summed E-state index contributed by atoms with van der Waals surface area (Å²) in [6.07, 6.45) is 0. The molecule has 0 aliphatic carbocycles. The quantitative estimate of drug-likeness (QED) is 0.730. The van der Waals surface area contributed by atoms with E-state index >= 15 is 0 Å². The Labute approximate surface area is 149 Å². The fourth-order valence-electron chi connectivity index (χ4n) is 2.34. The summed E-state index contributed by atoms with van der Waals surface area (Å²) < 4.78 is 7.43. The normalized spacial score (nSPS) is 10.8. The lowest BCUT2D eigenvalue weighted by molar-refractivity contribution is 0.0994. The van der Waals surface area contributed by atoms with Crippen molar-refractivity contribution in [2.75, 3.05) is 5.32 Å². The van der Waals surface area contributed by atoms with E-state index in [1.807, 2.05) is 24.6 Å². The Bertz CT molecular complexity index is 899. The number of aromatic nitrogens is 2. The van der Waals surface area contributed by atoms with Crippen LogP contribution in [-0.2, 0) is 6.54 Å². The number of anilines is 1. The van der Waals surface area contributed by atoms with Crippen LogP contribution in [0, 0.1) is 13.8 Å². The van der Waals surface area contributed by atoms with E-state index in [9.17, 15) is 4.79 Å². The molecule has 0 saturated carbocycles. The molecule has 1 amide bonds. The maximum absolute atomic E-state index is 12.3. The molecular weight excluding hydrogens is 349 g/mol. The number of nitrogens with one attached hydrogen (secondary N) is 1. The summed E-state index contributed by atoms with van der Waals surface area (Å²) in [6.45, 7) is 4.37. The Morgan fingerprint density at radius 3 is 2.67 bits per heavy atom. The van der Waals surface area contributed by atoms with E-state index in [1.165, 1.54) is 0 Å². The molecule has 0 fully saturated rings. The Hall–Kier alpha value is -2.24. The van der Waals surface area contributed by atoms with Crippen molar-refractivity contribution in [2.45, 2.75) is 20.4 Å². The lowest BCUT2D eigenvalue weighted by atomic mass is 10.3. The largest absolute Gasteiger partial charge is 0.454 e. The number of carbonyl (C=O) groups is 1. The molecule has 124 valence electrons. The van der Waals surface area contributed by atoms with Gasteiger partial charge in [0.05, 0.1) is 22.9 Å². The van der Waals surface area contributed by atoms with E-state index in [-0.39, 0.29) is 11.7 Å². The van der Waals surface area contributed by atoms with Gasteiger partial charge in [0.2, 0.25) is 0 Å². The van der Waals surface area contributed by atoms with E-state index in [4.69, 9.17) is 27.6 Å². The van der Waals surface area contributed by atoms with E-state index in [2.05, 4.69) is 10.4 Å². The molecule has 2 heterocycles. The first kappa shape index (κ1) is 16.6. The lowest BCUT2D eigenvalue weighted by Gasteiger charge is -2.06. The first-order chi connectivity index (χ1) is 11.4. The van der Waals surface area contributed by atoms with Crippen molar-refractivity contribution in [3.8, 4) is 0 Å². The summed E-state index contributed by atoms with van der Waals surface area (Å²) in [5, 5.41) is 7.94. The smallest absolute Gasteiger partial charge is 0.291 e. The number of nitrogens with zero attached hydrogens (tertiary/aromatic N) is 2. The van der Waals surface area contributed by atoms with Crippen molar-refractivity contribution in [3.05, 3.63) is 69.4 Å². The monoisotopic (exact) mass is 363 g/mol. The van der Waals surface area contributed by atoms with Crippen LogP contribution in [0.5, 0.6) is 0 Å². The molecule has 1 aromatic carbocycles. The van der Waals surface area contributed by atoms with Gasteiger partial charge in [0, 0.05) is 10.7 Å². The maximum atomic E-state index is 12.3. The van der Waals surface area contributed by atoms with Gasteiger partial charge in [-0.1, -0.05) is 23.2 Å². The molecule has 0 aliphatic rings. The molecule has 0 unspecified atom stereocenters. The predicted octanol–water partition coefficient (Wildman–Crippen LogP) is 4.70. The summed E-state index contributed by atoms with van der Waals surface area (Å²) in [5.41, 5.74) is 2.44. The van der Waals surface area contributed by atoms with Crippen LogP contribution in [0.15, 0.2) is 40.8 Å². The minimum absolute atomic E-state index is 0.206. The highest BCUT2D eigenvalue weighted by molar-refractivity contribution is 6.36. The zero-order valence-corrected chi connectivity index (χ0v) is 14.6. The van der Waals surface area contributed by atoms with Crippen molar-refractivity contribution < 1.29 is 9.21 Å². The van der Waals surface area contributed by atoms with Gasteiger partial charge in [0.1, 0.15) is 5.76 Å². The maximum Gasteiger partial charge on any atom is 0.291 e. The minimum atomic E-state index is -0.376. The molecule has 0 aliphatic heterocycles. The van der Waals surface area contributed by atoms with Crippen LogP contribution in [-0.4, -0.2) is 15.7 Å². The van der Waals surface area contributed by atoms with Crippen LogP contribution in [0.4, 0.5) is 5.69 Å². The third-order valence-corrected chi connectivity index (χ3v) is 4.02. The second kappa shape index (κ2) is 6.71. The van der Waals surface area contributed by atoms with Gasteiger partial charge < -0.3 is 9.73 Å². The first-order valence-electron chi connectivity index (χ1n) is 7.28. The lowest BCUT2D eigenvalue weighted by Crippen LogP contribution is -2.11. The zero-order chi connectivity index (χ0) is 17.3. The van der Waals surface area contributed by atoms with Crippen LogP contribution in [0.1, 0.15) is 27.7 Å². The van der Waals surface area contributed by atoms with Gasteiger partial charge in [0.25, 0.3) is 5.91 Å². The molecule has 24 heavy (non-hydrogen) atoms. The van der Waals surface area contributed by atoms with Crippen molar-refractivity contribution in [1.29, 1.82) is 0 Å². The van der Waals surface area contributed by atoms with Gasteiger partial charge in [-0.05, 0) is 50.2 Å². The molecule has 7 heteroatoms. The summed E-state index contributed by atoms with van der Waals surface area (Å²) in [4.78, 5) is 12.3. The number of hydrogen-bond donors (Lipinski definition) is 1. The number of furan rings is 1. The molecule has 1 N–H and O–H groups in total. The SMILES string of the molecule is Cc1cc(C)n(Cc2ccc(C(=O)Nc3ccc(Cl)cc3Cl)o2)n1. The molecule has 3 aromatic rings. The van der Waals surface area contributed by atoms with E-state index in [1.54, 1.807) is 30.3 Å². The second-order valence-corrected chi connectivity index (χ2v) is 6.27. The number of hydrogen-bond acceptors (Lipinski definition) is 3. The number of benzene rings is 1. The highest BCUT2D eigenvalue weighted by atomic mass is 35.5. The predicted molar refractivity (Wildman–Crippen MR) is 93.9 cm³/mol. The van der Waals surface area contributed by atoms with E-state index < -0.39 is 0 Å². The van der Waals surface area contributed by atoms with Crippen molar-refractivity contribution in [2.24, 2.45) is 0 Å². The zero-order valence-electron chi connectivity index (χ0n) is 13.1. The molecule has 0 saturated heterocycles. The number of rotatable bonds is 4. The molecule has 0 spiro atoms. The summed E-state index contributed by atoms with van der Waals surface area (Å²) in [6, 6.07) is 10.2. The molecule has 0 radical (unpaired) electrons. The van der Waals surface area contributed by atoms with Gasteiger partial charge in [-0.3, -0.25) is 9.48 Å².